The van der Waals surface area contributed by atoms with E-state index in [0.29, 0.717) is 6.07 Å². The standard InChI is InChI=1S/C8H6F4O/c1-13-8(12)4-2-3-5(9)7(11)6(4)10/h2-3,8H,1H3. The summed E-state index contributed by atoms with van der Waals surface area (Å²) in [4.78, 5) is 0. The van der Waals surface area contributed by atoms with Gasteiger partial charge >= 0.3 is 0 Å². The zero-order valence-corrected chi connectivity index (χ0v) is 6.65. The van der Waals surface area contributed by atoms with Crippen molar-refractivity contribution in [3.05, 3.63) is 35.1 Å². The monoisotopic (exact) mass is 194 g/mol. The van der Waals surface area contributed by atoms with Crippen molar-refractivity contribution in [3.8, 4) is 0 Å². The molecule has 0 bridgehead atoms. The van der Waals surface area contributed by atoms with Crippen LogP contribution in [0.5, 0.6) is 0 Å². The van der Waals surface area contributed by atoms with E-state index in [-0.39, 0.29) is 0 Å². The van der Waals surface area contributed by atoms with E-state index in [4.69, 9.17) is 0 Å². The summed E-state index contributed by atoms with van der Waals surface area (Å²) >= 11 is 0. The molecule has 1 atom stereocenters. The van der Waals surface area contributed by atoms with Crippen molar-refractivity contribution in [1.29, 1.82) is 0 Å². The molecule has 0 N–H and O–H groups in total. The maximum atomic E-state index is 12.8. The van der Waals surface area contributed by atoms with Gasteiger partial charge in [-0.05, 0) is 12.1 Å². The van der Waals surface area contributed by atoms with E-state index in [0.717, 1.165) is 13.2 Å². The lowest BCUT2D eigenvalue weighted by atomic mass is 10.2. The van der Waals surface area contributed by atoms with Crippen LogP contribution in [0.1, 0.15) is 11.9 Å². The van der Waals surface area contributed by atoms with E-state index in [1.165, 1.54) is 0 Å². The lowest BCUT2D eigenvalue weighted by Crippen LogP contribution is -2.02. The van der Waals surface area contributed by atoms with Crippen LogP contribution in [-0.4, -0.2) is 7.11 Å². The molecule has 0 fully saturated rings. The lowest BCUT2D eigenvalue weighted by molar-refractivity contribution is -0.00974. The number of halogens is 4. The van der Waals surface area contributed by atoms with E-state index >= 15 is 0 Å². The third-order valence-corrected chi connectivity index (χ3v) is 1.52. The summed E-state index contributed by atoms with van der Waals surface area (Å²) in [5, 5.41) is 0. The van der Waals surface area contributed by atoms with Gasteiger partial charge in [0, 0.05) is 7.11 Å². The van der Waals surface area contributed by atoms with Crippen LogP contribution >= 0.6 is 0 Å². The highest BCUT2D eigenvalue weighted by Crippen LogP contribution is 2.24. The molecule has 0 heterocycles. The smallest absolute Gasteiger partial charge is 0.227 e. The van der Waals surface area contributed by atoms with E-state index in [1.807, 2.05) is 0 Å². The summed E-state index contributed by atoms with van der Waals surface area (Å²) in [6.45, 7) is 0. The molecule has 1 rings (SSSR count). The molecule has 1 aromatic carbocycles. The molecule has 0 amide bonds. The Morgan fingerprint density at radius 1 is 1.15 bits per heavy atom. The van der Waals surface area contributed by atoms with Gasteiger partial charge in [-0.25, -0.2) is 17.6 Å². The largest absolute Gasteiger partial charge is 0.348 e. The van der Waals surface area contributed by atoms with Gasteiger partial charge in [-0.2, -0.15) is 0 Å². The zero-order chi connectivity index (χ0) is 10.0. The Hall–Kier alpha value is -1.10. The first kappa shape index (κ1) is 9.98. The van der Waals surface area contributed by atoms with E-state index in [9.17, 15) is 17.6 Å². The molecule has 0 aromatic heterocycles. The summed E-state index contributed by atoms with van der Waals surface area (Å²) in [5.74, 6) is -4.61. The van der Waals surface area contributed by atoms with Crippen LogP contribution in [0.2, 0.25) is 0 Å². The van der Waals surface area contributed by atoms with Gasteiger partial charge in [0.05, 0.1) is 5.56 Å². The van der Waals surface area contributed by atoms with Gasteiger partial charge in [0.2, 0.25) is 6.36 Å². The van der Waals surface area contributed by atoms with Crippen LogP contribution in [0.4, 0.5) is 17.6 Å². The molecule has 0 saturated heterocycles. The van der Waals surface area contributed by atoms with Gasteiger partial charge in [0.15, 0.2) is 17.5 Å². The Balaban J connectivity index is 3.18. The summed E-state index contributed by atoms with van der Waals surface area (Å²) in [6, 6.07) is 1.43. The SMILES string of the molecule is COC(F)c1ccc(F)c(F)c1F. The van der Waals surface area contributed by atoms with Crippen molar-refractivity contribution in [2.75, 3.05) is 7.11 Å². The van der Waals surface area contributed by atoms with E-state index in [1.54, 1.807) is 0 Å². The number of rotatable bonds is 2. The van der Waals surface area contributed by atoms with Crippen LogP contribution in [0.3, 0.4) is 0 Å². The first-order valence-corrected chi connectivity index (χ1v) is 3.38. The first-order chi connectivity index (χ1) is 6.07. The van der Waals surface area contributed by atoms with Crippen LogP contribution in [0.15, 0.2) is 12.1 Å². The van der Waals surface area contributed by atoms with Gasteiger partial charge < -0.3 is 4.74 Å². The second kappa shape index (κ2) is 3.74. The second-order valence-corrected chi connectivity index (χ2v) is 2.32. The molecule has 13 heavy (non-hydrogen) atoms. The number of ether oxygens (including phenoxy) is 1. The minimum atomic E-state index is -2.09. The van der Waals surface area contributed by atoms with Crippen molar-refractivity contribution < 1.29 is 22.3 Å². The van der Waals surface area contributed by atoms with E-state index in [2.05, 4.69) is 4.74 Å². The van der Waals surface area contributed by atoms with Gasteiger partial charge in [-0.15, -0.1) is 0 Å². The number of benzene rings is 1. The number of hydrogen-bond acceptors (Lipinski definition) is 1. The minimum absolute atomic E-state index is 0.638. The van der Waals surface area contributed by atoms with Crippen molar-refractivity contribution in [3.63, 3.8) is 0 Å². The fraction of sp³-hybridized carbons (Fsp3) is 0.250. The van der Waals surface area contributed by atoms with Crippen molar-refractivity contribution in [2.24, 2.45) is 0 Å². The number of methoxy groups -OCH3 is 1. The van der Waals surface area contributed by atoms with Gasteiger partial charge in [-0.3, -0.25) is 0 Å². The predicted molar refractivity (Wildman–Crippen MR) is 37.2 cm³/mol. The lowest BCUT2D eigenvalue weighted by Gasteiger charge is -2.07. The van der Waals surface area contributed by atoms with Crippen LogP contribution in [0, 0.1) is 17.5 Å². The maximum absolute atomic E-state index is 12.8. The average molecular weight is 194 g/mol. The highest BCUT2D eigenvalue weighted by molar-refractivity contribution is 5.21. The van der Waals surface area contributed by atoms with Gasteiger partial charge in [0.25, 0.3) is 0 Å². The Morgan fingerprint density at radius 3 is 2.31 bits per heavy atom. The molecule has 0 radical (unpaired) electrons. The highest BCUT2D eigenvalue weighted by Gasteiger charge is 2.19. The normalized spacial score (nSPS) is 13.0. The molecular formula is C8H6F4O. The number of alkyl halides is 1. The van der Waals surface area contributed by atoms with Gasteiger partial charge in [-0.1, -0.05) is 0 Å². The summed E-state index contributed by atoms with van der Waals surface area (Å²) in [7, 11) is 0.991. The Kier molecular flexibility index (Phi) is 2.87. The first-order valence-electron chi connectivity index (χ1n) is 3.38. The minimum Gasteiger partial charge on any atom is -0.348 e. The Morgan fingerprint density at radius 2 is 1.77 bits per heavy atom. The Bertz CT molecular complexity index is 313. The maximum Gasteiger partial charge on any atom is 0.227 e. The fourth-order valence-electron chi connectivity index (χ4n) is 0.843. The molecule has 1 unspecified atom stereocenters. The molecule has 0 spiro atoms. The molecule has 1 aromatic rings. The zero-order valence-electron chi connectivity index (χ0n) is 6.65. The Labute approximate surface area is 71.9 Å². The van der Waals surface area contributed by atoms with Crippen LogP contribution in [-0.2, 0) is 4.74 Å². The van der Waals surface area contributed by atoms with Crippen molar-refractivity contribution in [1.82, 2.24) is 0 Å². The average Bonchev–Trinajstić information content (AvgIpc) is 2.13. The predicted octanol–water partition coefficient (Wildman–Crippen LogP) is 2.72. The third-order valence-electron chi connectivity index (χ3n) is 1.52. The molecular weight excluding hydrogens is 188 g/mol. The molecule has 1 nitrogen and oxygen atoms in total. The topological polar surface area (TPSA) is 9.23 Å². The molecule has 0 saturated carbocycles. The fourth-order valence-corrected chi connectivity index (χ4v) is 0.843. The van der Waals surface area contributed by atoms with Crippen LogP contribution < -0.4 is 0 Å². The summed E-state index contributed by atoms with van der Waals surface area (Å²) in [5.41, 5.74) is -0.651. The van der Waals surface area contributed by atoms with Crippen molar-refractivity contribution in [2.45, 2.75) is 6.36 Å². The number of hydrogen-bond donors (Lipinski definition) is 0. The molecule has 0 aliphatic rings. The van der Waals surface area contributed by atoms with Crippen molar-refractivity contribution >= 4 is 0 Å². The molecule has 0 aliphatic heterocycles. The second-order valence-electron chi connectivity index (χ2n) is 2.32. The molecule has 0 aliphatic carbocycles. The van der Waals surface area contributed by atoms with E-state index < -0.39 is 29.4 Å². The molecule has 72 valence electrons. The third kappa shape index (κ3) is 1.80. The summed E-state index contributed by atoms with van der Waals surface area (Å²) in [6.07, 6.45) is -2.09. The highest BCUT2D eigenvalue weighted by atomic mass is 19.2. The quantitative estimate of drug-likeness (QED) is 0.519. The molecule has 5 heteroatoms. The van der Waals surface area contributed by atoms with Gasteiger partial charge in [0.1, 0.15) is 0 Å². The summed E-state index contributed by atoms with van der Waals surface area (Å²) < 4.78 is 54.4. The van der Waals surface area contributed by atoms with Crippen LogP contribution in [0.25, 0.3) is 0 Å².